The molecule has 6 nitrogen and oxygen atoms in total. The number of Topliss-reactive ketones (excluding diaryl/α,β-unsaturated/α-hetero) is 1. The highest BCUT2D eigenvalue weighted by molar-refractivity contribution is 7.99. The second-order valence-electron chi connectivity index (χ2n) is 6.61. The zero-order valence-corrected chi connectivity index (χ0v) is 15.9. The molecule has 1 aliphatic rings. The summed E-state index contributed by atoms with van der Waals surface area (Å²) >= 11 is 1.40. The third kappa shape index (κ3) is 4.14. The first-order valence-corrected chi connectivity index (χ1v) is 10.0. The number of hydrogen-bond acceptors (Lipinski definition) is 6. The number of aryl methyl sites for hydroxylation is 1. The smallest absolute Gasteiger partial charge is 0.200 e. The van der Waals surface area contributed by atoms with E-state index in [-0.39, 0.29) is 11.9 Å². The molecule has 0 radical (unpaired) electrons. The number of hydrogen-bond donors (Lipinski definition) is 0. The molecule has 1 fully saturated rings. The fraction of sp³-hybridized carbons (Fsp3) is 0.350. The van der Waals surface area contributed by atoms with E-state index in [0.717, 1.165) is 25.0 Å². The molecule has 1 aliphatic heterocycles. The van der Waals surface area contributed by atoms with Gasteiger partial charge in [-0.05, 0) is 31.9 Å². The van der Waals surface area contributed by atoms with E-state index in [4.69, 9.17) is 9.15 Å². The zero-order valence-electron chi connectivity index (χ0n) is 15.1. The van der Waals surface area contributed by atoms with E-state index < -0.39 is 0 Å². The Kier molecular flexibility index (Phi) is 5.40. The quantitative estimate of drug-likeness (QED) is 0.454. The van der Waals surface area contributed by atoms with Crippen molar-refractivity contribution in [1.82, 2.24) is 14.8 Å². The first-order valence-electron chi connectivity index (χ1n) is 9.02. The number of nitrogens with zero attached hydrogens (tertiary/aromatic N) is 3. The van der Waals surface area contributed by atoms with E-state index in [9.17, 15) is 4.79 Å². The number of benzene rings is 1. The van der Waals surface area contributed by atoms with Crippen molar-refractivity contribution in [3.8, 4) is 11.6 Å². The standard InChI is InChI=1S/C20H21N3O3S/c1-14-6-8-15(9-7-14)17(24)13-27-20-22-21-19(18-5-3-11-26-18)23(20)12-16-4-2-10-25-16/h3,5-9,11,16H,2,4,10,12-13H2,1H3/t16-/m1/s1. The molecule has 0 saturated carbocycles. The van der Waals surface area contributed by atoms with E-state index in [1.807, 2.05) is 47.9 Å². The third-order valence-electron chi connectivity index (χ3n) is 4.57. The number of ether oxygens (including phenoxy) is 1. The molecule has 1 saturated heterocycles. The SMILES string of the molecule is Cc1ccc(C(=O)CSc2nnc(-c3ccco3)n2C[C@H]2CCCO2)cc1. The molecule has 3 heterocycles. The van der Waals surface area contributed by atoms with Crippen molar-refractivity contribution in [2.24, 2.45) is 0 Å². The van der Waals surface area contributed by atoms with Crippen molar-refractivity contribution in [2.45, 2.75) is 37.6 Å². The molecule has 0 unspecified atom stereocenters. The summed E-state index contributed by atoms with van der Waals surface area (Å²) in [6, 6.07) is 11.3. The van der Waals surface area contributed by atoms with Crippen LogP contribution in [0.5, 0.6) is 0 Å². The molecular formula is C20H21N3O3S. The Balaban J connectivity index is 1.52. The van der Waals surface area contributed by atoms with Crippen molar-refractivity contribution in [2.75, 3.05) is 12.4 Å². The van der Waals surface area contributed by atoms with Crippen LogP contribution in [0, 0.1) is 6.92 Å². The molecule has 1 atom stereocenters. The highest BCUT2D eigenvalue weighted by Gasteiger charge is 2.23. The maximum absolute atomic E-state index is 12.5. The molecule has 7 heteroatoms. The van der Waals surface area contributed by atoms with Gasteiger partial charge in [0.25, 0.3) is 0 Å². The number of ketones is 1. The molecule has 1 aromatic carbocycles. The Hall–Kier alpha value is -2.38. The maximum Gasteiger partial charge on any atom is 0.200 e. The van der Waals surface area contributed by atoms with Crippen molar-refractivity contribution in [3.63, 3.8) is 0 Å². The number of carbonyl (C=O) groups is 1. The normalized spacial score (nSPS) is 16.7. The Labute approximate surface area is 161 Å². The molecule has 0 N–H and O–H groups in total. The molecule has 4 rings (SSSR count). The van der Waals surface area contributed by atoms with Gasteiger partial charge in [-0.3, -0.25) is 9.36 Å². The third-order valence-corrected chi connectivity index (χ3v) is 5.54. The van der Waals surface area contributed by atoms with Crippen LogP contribution in [0.4, 0.5) is 0 Å². The minimum absolute atomic E-state index is 0.0752. The minimum atomic E-state index is 0.0752. The Bertz CT molecular complexity index is 897. The summed E-state index contributed by atoms with van der Waals surface area (Å²) in [5.74, 6) is 1.72. The van der Waals surface area contributed by atoms with Crippen LogP contribution in [0.3, 0.4) is 0 Å². The van der Waals surface area contributed by atoms with E-state index in [0.29, 0.717) is 34.6 Å². The monoisotopic (exact) mass is 383 g/mol. The summed E-state index contributed by atoms with van der Waals surface area (Å²) in [6.07, 6.45) is 3.84. The van der Waals surface area contributed by atoms with Gasteiger partial charge in [0.1, 0.15) is 0 Å². The number of carbonyl (C=O) groups excluding carboxylic acids is 1. The van der Waals surface area contributed by atoms with Gasteiger partial charge >= 0.3 is 0 Å². The molecule has 3 aromatic rings. The first-order chi connectivity index (χ1) is 13.2. The van der Waals surface area contributed by atoms with Gasteiger partial charge in [0.05, 0.1) is 24.7 Å². The summed E-state index contributed by atoms with van der Waals surface area (Å²) in [4.78, 5) is 12.5. The van der Waals surface area contributed by atoms with Crippen molar-refractivity contribution in [3.05, 3.63) is 53.8 Å². The van der Waals surface area contributed by atoms with Crippen molar-refractivity contribution >= 4 is 17.5 Å². The largest absolute Gasteiger partial charge is 0.461 e. The summed E-state index contributed by atoms with van der Waals surface area (Å²) in [5.41, 5.74) is 1.85. The lowest BCUT2D eigenvalue weighted by Crippen LogP contribution is -2.17. The van der Waals surface area contributed by atoms with Gasteiger partial charge in [-0.25, -0.2) is 0 Å². The average Bonchev–Trinajstić information content (AvgIpc) is 3.43. The lowest BCUT2D eigenvalue weighted by molar-refractivity contribution is 0.0952. The number of thioether (sulfide) groups is 1. The van der Waals surface area contributed by atoms with Crippen LogP contribution in [-0.2, 0) is 11.3 Å². The van der Waals surface area contributed by atoms with Gasteiger partial charge in [0.2, 0.25) is 5.82 Å². The maximum atomic E-state index is 12.5. The van der Waals surface area contributed by atoms with Crippen LogP contribution in [0.1, 0.15) is 28.8 Å². The summed E-state index contributed by atoms with van der Waals surface area (Å²) < 4.78 is 13.3. The van der Waals surface area contributed by atoms with Gasteiger partial charge in [0, 0.05) is 12.2 Å². The average molecular weight is 383 g/mol. The highest BCUT2D eigenvalue weighted by atomic mass is 32.2. The molecule has 0 amide bonds. The second-order valence-corrected chi connectivity index (χ2v) is 7.55. The lowest BCUT2D eigenvalue weighted by Gasteiger charge is -2.13. The van der Waals surface area contributed by atoms with Gasteiger partial charge in [0.15, 0.2) is 16.7 Å². The molecule has 0 aliphatic carbocycles. The Morgan fingerprint density at radius 3 is 2.81 bits per heavy atom. The summed E-state index contributed by atoms with van der Waals surface area (Å²) in [5, 5.41) is 9.30. The topological polar surface area (TPSA) is 70.2 Å². The van der Waals surface area contributed by atoms with Crippen molar-refractivity contribution in [1.29, 1.82) is 0 Å². The Morgan fingerprint density at radius 2 is 2.11 bits per heavy atom. The second kappa shape index (κ2) is 8.10. The zero-order chi connectivity index (χ0) is 18.6. The highest BCUT2D eigenvalue weighted by Crippen LogP contribution is 2.27. The van der Waals surface area contributed by atoms with Crippen LogP contribution >= 0.6 is 11.8 Å². The van der Waals surface area contributed by atoms with Crippen LogP contribution in [0.25, 0.3) is 11.6 Å². The molecule has 0 spiro atoms. The molecule has 0 bridgehead atoms. The summed E-state index contributed by atoms with van der Waals surface area (Å²) in [7, 11) is 0. The molecule has 2 aromatic heterocycles. The summed E-state index contributed by atoms with van der Waals surface area (Å²) in [6.45, 7) is 3.45. The van der Waals surface area contributed by atoms with Crippen LogP contribution in [-0.4, -0.2) is 39.0 Å². The van der Waals surface area contributed by atoms with E-state index in [2.05, 4.69) is 10.2 Å². The first kappa shape index (κ1) is 18.0. The number of furan rings is 1. The van der Waals surface area contributed by atoms with Crippen LogP contribution in [0.15, 0.2) is 52.2 Å². The Morgan fingerprint density at radius 1 is 1.26 bits per heavy atom. The predicted octanol–water partition coefficient (Wildman–Crippen LogP) is 4.00. The van der Waals surface area contributed by atoms with E-state index >= 15 is 0 Å². The number of aromatic nitrogens is 3. The van der Waals surface area contributed by atoms with Crippen LogP contribution < -0.4 is 0 Å². The van der Waals surface area contributed by atoms with E-state index in [1.165, 1.54) is 11.8 Å². The lowest BCUT2D eigenvalue weighted by atomic mass is 10.1. The van der Waals surface area contributed by atoms with Crippen LogP contribution in [0.2, 0.25) is 0 Å². The number of rotatable bonds is 7. The van der Waals surface area contributed by atoms with E-state index in [1.54, 1.807) is 6.26 Å². The van der Waals surface area contributed by atoms with Gasteiger partial charge in [-0.1, -0.05) is 41.6 Å². The minimum Gasteiger partial charge on any atom is -0.461 e. The fourth-order valence-corrected chi connectivity index (χ4v) is 3.94. The van der Waals surface area contributed by atoms with Gasteiger partial charge < -0.3 is 9.15 Å². The van der Waals surface area contributed by atoms with Crippen molar-refractivity contribution < 1.29 is 13.9 Å². The molecular weight excluding hydrogens is 362 g/mol. The molecule has 140 valence electrons. The van der Waals surface area contributed by atoms with Gasteiger partial charge in [-0.2, -0.15) is 0 Å². The van der Waals surface area contributed by atoms with Gasteiger partial charge in [-0.15, -0.1) is 10.2 Å². The predicted molar refractivity (Wildman–Crippen MR) is 103 cm³/mol. The molecule has 27 heavy (non-hydrogen) atoms. The fourth-order valence-electron chi connectivity index (χ4n) is 3.09.